The molecule has 1 aromatic rings. The standard InChI is InChI=1S/C12H17FN2O2/c1-3-4-9(2)8-14-10-5-6-11(13)12(7-10)15(16)17/h5-7,9,14H,3-4,8H2,1-2H3. The molecule has 0 radical (unpaired) electrons. The van der Waals surface area contributed by atoms with Crippen molar-refractivity contribution in [1.29, 1.82) is 0 Å². The van der Waals surface area contributed by atoms with Gasteiger partial charge in [0, 0.05) is 18.3 Å². The number of nitro benzene ring substituents is 1. The summed E-state index contributed by atoms with van der Waals surface area (Å²) in [6.45, 7) is 4.95. The van der Waals surface area contributed by atoms with E-state index in [0.717, 1.165) is 25.5 Å². The van der Waals surface area contributed by atoms with Crippen molar-refractivity contribution in [2.24, 2.45) is 5.92 Å². The number of nitrogens with zero attached hydrogens (tertiary/aromatic N) is 1. The Morgan fingerprint density at radius 2 is 2.24 bits per heavy atom. The van der Waals surface area contributed by atoms with Crippen LogP contribution in [0.3, 0.4) is 0 Å². The zero-order valence-electron chi connectivity index (χ0n) is 10.1. The van der Waals surface area contributed by atoms with E-state index in [1.54, 1.807) is 0 Å². The van der Waals surface area contributed by atoms with Gasteiger partial charge in [0.15, 0.2) is 0 Å². The van der Waals surface area contributed by atoms with E-state index >= 15 is 0 Å². The average Bonchev–Trinajstić information content (AvgIpc) is 2.28. The minimum absolute atomic E-state index is 0.488. The Hall–Kier alpha value is -1.65. The van der Waals surface area contributed by atoms with Gasteiger partial charge in [-0.3, -0.25) is 10.1 Å². The van der Waals surface area contributed by atoms with Gasteiger partial charge in [0.25, 0.3) is 0 Å². The molecule has 0 fully saturated rings. The first-order valence-corrected chi connectivity index (χ1v) is 5.72. The summed E-state index contributed by atoms with van der Waals surface area (Å²) in [4.78, 5) is 9.84. The van der Waals surface area contributed by atoms with Gasteiger partial charge in [-0.05, 0) is 24.5 Å². The van der Waals surface area contributed by atoms with E-state index in [1.807, 2.05) is 0 Å². The predicted octanol–water partition coefficient (Wildman–Crippen LogP) is 3.58. The Labute approximate surface area is 100.0 Å². The number of rotatable bonds is 6. The molecule has 0 aliphatic rings. The molecule has 17 heavy (non-hydrogen) atoms. The molecular formula is C12H17FN2O2. The molecule has 0 aromatic heterocycles. The molecule has 1 atom stereocenters. The van der Waals surface area contributed by atoms with Crippen LogP contribution < -0.4 is 5.32 Å². The second kappa shape index (κ2) is 6.18. The van der Waals surface area contributed by atoms with Crippen LogP contribution in [0.5, 0.6) is 0 Å². The van der Waals surface area contributed by atoms with E-state index in [0.29, 0.717) is 11.6 Å². The van der Waals surface area contributed by atoms with Gasteiger partial charge in [-0.1, -0.05) is 20.3 Å². The maximum atomic E-state index is 13.1. The summed E-state index contributed by atoms with van der Waals surface area (Å²) in [5, 5.41) is 13.6. The van der Waals surface area contributed by atoms with Crippen LogP contribution in [0.1, 0.15) is 26.7 Å². The lowest BCUT2D eigenvalue weighted by molar-refractivity contribution is -0.387. The predicted molar refractivity (Wildman–Crippen MR) is 65.6 cm³/mol. The number of nitrogens with one attached hydrogen (secondary N) is 1. The molecule has 1 rings (SSSR count). The van der Waals surface area contributed by atoms with Gasteiger partial charge >= 0.3 is 5.69 Å². The first kappa shape index (κ1) is 13.4. The summed E-state index contributed by atoms with van der Waals surface area (Å²) >= 11 is 0. The number of benzene rings is 1. The summed E-state index contributed by atoms with van der Waals surface area (Å²) in [5.41, 5.74) is 0.0965. The molecule has 0 spiro atoms. The zero-order chi connectivity index (χ0) is 12.8. The van der Waals surface area contributed by atoms with E-state index in [4.69, 9.17) is 0 Å². The van der Waals surface area contributed by atoms with Gasteiger partial charge in [0.05, 0.1) is 4.92 Å². The quantitative estimate of drug-likeness (QED) is 0.610. The fourth-order valence-electron chi connectivity index (χ4n) is 1.65. The SMILES string of the molecule is CCCC(C)CNc1ccc(F)c([N+](=O)[O-])c1. The highest BCUT2D eigenvalue weighted by molar-refractivity contribution is 5.51. The molecule has 1 N–H and O–H groups in total. The number of anilines is 1. The molecule has 0 heterocycles. The van der Waals surface area contributed by atoms with Crippen LogP contribution in [0.25, 0.3) is 0 Å². The van der Waals surface area contributed by atoms with Gasteiger partial charge in [0.1, 0.15) is 0 Å². The van der Waals surface area contributed by atoms with Crippen molar-refractivity contribution in [2.45, 2.75) is 26.7 Å². The monoisotopic (exact) mass is 240 g/mol. The van der Waals surface area contributed by atoms with E-state index in [9.17, 15) is 14.5 Å². The first-order valence-electron chi connectivity index (χ1n) is 5.72. The van der Waals surface area contributed by atoms with Crippen molar-refractivity contribution in [3.05, 3.63) is 34.1 Å². The lowest BCUT2D eigenvalue weighted by atomic mass is 10.1. The summed E-state index contributed by atoms with van der Waals surface area (Å²) in [6, 6.07) is 3.86. The molecule has 1 aromatic carbocycles. The molecule has 0 saturated heterocycles. The summed E-state index contributed by atoms with van der Waals surface area (Å²) in [5.74, 6) is -0.314. The third kappa shape index (κ3) is 4.01. The van der Waals surface area contributed by atoms with Crippen molar-refractivity contribution in [1.82, 2.24) is 0 Å². The Kier molecular flexibility index (Phi) is 4.87. The number of halogens is 1. The van der Waals surface area contributed by atoms with E-state index in [1.165, 1.54) is 12.1 Å². The maximum Gasteiger partial charge on any atom is 0.306 e. The van der Waals surface area contributed by atoms with Crippen LogP contribution in [-0.4, -0.2) is 11.5 Å². The van der Waals surface area contributed by atoms with Gasteiger partial charge < -0.3 is 5.32 Å². The van der Waals surface area contributed by atoms with E-state index < -0.39 is 16.4 Å². The molecule has 0 amide bonds. The first-order chi connectivity index (χ1) is 8.04. The van der Waals surface area contributed by atoms with Crippen molar-refractivity contribution in [3.8, 4) is 0 Å². The van der Waals surface area contributed by atoms with Gasteiger partial charge in [0.2, 0.25) is 5.82 Å². The Bertz CT molecular complexity index is 396. The second-order valence-corrected chi connectivity index (χ2v) is 4.20. The van der Waals surface area contributed by atoms with E-state index in [2.05, 4.69) is 19.2 Å². The smallest absolute Gasteiger partial charge is 0.306 e. The fourth-order valence-corrected chi connectivity index (χ4v) is 1.65. The molecule has 0 aliphatic heterocycles. The topological polar surface area (TPSA) is 55.2 Å². The Morgan fingerprint density at radius 3 is 2.82 bits per heavy atom. The van der Waals surface area contributed by atoms with E-state index in [-0.39, 0.29) is 0 Å². The highest BCUT2D eigenvalue weighted by atomic mass is 19.1. The number of hydrogen-bond donors (Lipinski definition) is 1. The summed E-state index contributed by atoms with van der Waals surface area (Å²) < 4.78 is 13.1. The van der Waals surface area contributed by atoms with Crippen LogP contribution in [-0.2, 0) is 0 Å². The summed E-state index contributed by atoms with van der Waals surface area (Å²) in [6.07, 6.45) is 2.20. The fraction of sp³-hybridized carbons (Fsp3) is 0.500. The molecule has 5 heteroatoms. The van der Waals surface area contributed by atoms with Crippen LogP contribution in [0.15, 0.2) is 18.2 Å². The molecular weight excluding hydrogens is 223 g/mol. The maximum absolute atomic E-state index is 13.1. The highest BCUT2D eigenvalue weighted by Gasteiger charge is 2.14. The second-order valence-electron chi connectivity index (χ2n) is 4.20. The number of hydrogen-bond acceptors (Lipinski definition) is 3. The van der Waals surface area contributed by atoms with Crippen molar-refractivity contribution < 1.29 is 9.31 Å². The number of nitro groups is 1. The molecule has 0 bridgehead atoms. The van der Waals surface area contributed by atoms with Crippen molar-refractivity contribution in [3.63, 3.8) is 0 Å². The third-order valence-corrected chi connectivity index (χ3v) is 2.58. The molecule has 0 saturated carbocycles. The van der Waals surface area contributed by atoms with Crippen LogP contribution in [0.4, 0.5) is 15.8 Å². The van der Waals surface area contributed by atoms with Gasteiger partial charge in [-0.2, -0.15) is 4.39 Å². The van der Waals surface area contributed by atoms with Gasteiger partial charge in [-0.15, -0.1) is 0 Å². The zero-order valence-corrected chi connectivity index (χ0v) is 10.1. The van der Waals surface area contributed by atoms with Crippen LogP contribution in [0, 0.1) is 21.8 Å². The lowest BCUT2D eigenvalue weighted by Crippen LogP contribution is -2.11. The summed E-state index contributed by atoms with van der Waals surface area (Å²) in [7, 11) is 0. The van der Waals surface area contributed by atoms with Crippen LogP contribution in [0.2, 0.25) is 0 Å². The molecule has 1 unspecified atom stereocenters. The highest BCUT2D eigenvalue weighted by Crippen LogP contribution is 2.21. The third-order valence-electron chi connectivity index (χ3n) is 2.58. The Morgan fingerprint density at radius 1 is 1.53 bits per heavy atom. The normalized spacial score (nSPS) is 12.2. The Balaban J connectivity index is 2.66. The minimum Gasteiger partial charge on any atom is -0.385 e. The lowest BCUT2D eigenvalue weighted by Gasteiger charge is -2.12. The molecule has 0 aliphatic carbocycles. The van der Waals surface area contributed by atoms with Gasteiger partial charge in [-0.25, -0.2) is 0 Å². The largest absolute Gasteiger partial charge is 0.385 e. The molecule has 94 valence electrons. The average molecular weight is 240 g/mol. The molecule has 4 nitrogen and oxygen atoms in total. The van der Waals surface area contributed by atoms with Crippen LogP contribution >= 0.6 is 0 Å². The van der Waals surface area contributed by atoms with Crippen molar-refractivity contribution in [2.75, 3.05) is 11.9 Å². The van der Waals surface area contributed by atoms with Crippen molar-refractivity contribution >= 4 is 11.4 Å². The minimum atomic E-state index is -0.804.